The third-order valence-electron chi connectivity index (χ3n) is 4.44. The van der Waals surface area contributed by atoms with Crippen LogP contribution >= 0.6 is 23.2 Å². The van der Waals surface area contributed by atoms with Gasteiger partial charge in [-0.15, -0.1) is 0 Å². The van der Waals surface area contributed by atoms with Crippen LogP contribution in [-0.4, -0.2) is 11.3 Å². The van der Waals surface area contributed by atoms with Crippen LogP contribution in [0.5, 0.6) is 5.75 Å². The zero-order chi connectivity index (χ0) is 17.5. The summed E-state index contributed by atoms with van der Waals surface area (Å²) in [5.41, 5.74) is 1.22. The second-order valence-electron chi connectivity index (χ2n) is 6.64. The molecule has 0 spiro atoms. The number of carbonyl (C=O) groups excluding carboxylic acids is 1. The Hall–Kier alpha value is -0.730. The first-order chi connectivity index (χ1) is 10.8. The summed E-state index contributed by atoms with van der Waals surface area (Å²) in [6.07, 6.45) is 5.33. The lowest BCUT2D eigenvalue weighted by Crippen LogP contribution is -2.24. The standard InChI is InChI=1S/C19H28Cl2O2/c1-5-7-8-9-10-17(18(21)22)23-16-12-11-14(13-15(16)20)19(3,4)6-2/h11-13,17H,5-10H2,1-4H3. The lowest BCUT2D eigenvalue weighted by molar-refractivity contribution is -0.118. The van der Waals surface area contributed by atoms with Crippen molar-refractivity contribution in [1.29, 1.82) is 0 Å². The molecule has 1 aromatic carbocycles. The molecule has 0 saturated carbocycles. The number of unbranched alkanes of at least 4 members (excludes halogenated alkanes) is 3. The van der Waals surface area contributed by atoms with Crippen molar-refractivity contribution in [1.82, 2.24) is 0 Å². The van der Waals surface area contributed by atoms with Gasteiger partial charge in [-0.1, -0.05) is 64.6 Å². The van der Waals surface area contributed by atoms with E-state index in [0.29, 0.717) is 17.2 Å². The number of carbonyl (C=O) groups is 1. The van der Waals surface area contributed by atoms with Gasteiger partial charge in [0.25, 0.3) is 5.24 Å². The van der Waals surface area contributed by atoms with E-state index >= 15 is 0 Å². The van der Waals surface area contributed by atoms with Crippen LogP contribution in [0.2, 0.25) is 5.02 Å². The Kier molecular flexibility index (Phi) is 8.42. The van der Waals surface area contributed by atoms with Crippen molar-refractivity contribution in [3.8, 4) is 5.75 Å². The first-order valence-corrected chi connectivity index (χ1v) is 9.23. The maximum absolute atomic E-state index is 11.6. The van der Waals surface area contributed by atoms with Gasteiger partial charge in [0.05, 0.1) is 5.02 Å². The van der Waals surface area contributed by atoms with Gasteiger partial charge in [-0.25, -0.2) is 0 Å². The minimum atomic E-state index is -0.629. The third-order valence-corrected chi connectivity index (χ3v) is 4.98. The fraction of sp³-hybridized carbons (Fsp3) is 0.632. The van der Waals surface area contributed by atoms with Crippen molar-refractivity contribution in [2.45, 2.75) is 77.7 Å². The summed E-state index contributed by atoms with van der Waals surface area (Å²) in [4.78, 5) is 11.6. The number of hydrogen-bond acceptors (Lipinski definition) is 2. The van der Waals surface area contributed by atoms with E-state index in [4.69, 9.17) is 27.9 Å². The van der Waals surface area contributed by atoms with E-state index in [0.717, 1.165) is 37.7 Å². The lowest BCUT2D eigenvalue weighted by atomic mass is 9.82. The van der Waals surface area contributed by atoms with E-state index in [9.17, 15) is 4.79 Å². The molecule has 0 N–H and O–H groups in total. The van der Waals surface area contributed by atoms with Crippen LogP contribution < -0.4 is 4.74 Å². The van der Waals surface area contributed by atoms with Crippen molar-refractivity contribution in [3.63, 3.8) is 0 Å². The maximum atomic E-state index is 11.6. The molecule has 0 saturated heterocycles. The van der Waals surface area contributed by atoms with Gasteiger partial charge in [0.2, 0.25) is 0 Å². The largest absolute Gasteiger partial charge is 0.480 e. The van der Waals surface area contributed by atoms with Crippen molar-refractivity contribution < 1.29 is 9.53 Å². The summed E-state index contributed by atoms with van der Waals surface area (Å²) in [6, 6.07) is 5.78. The minimum Gasteiger partial charge on any atom is -0.480 e. The predicted molar refractivity (Wildman–Crippen MR) is 98.8 cm³/mol. The number of rotatable bonds is 10. The van der Waals surface area contributed by atoms with Gasteiger partial charge in [-0.05, 0) is 54.0 Å². The van der Waals surface area contributed by atoms with Gasteiger partial charge in [0.15, 0.2) is 6.10 Å². The molecule has 1 atom stereocenters. The molecule has 4 heteroatoms. The highest BCUT2D eigenvalue weighted by Crippen LogP contribution is 2.34. The zero-order valence-electron chi connectivity index (χ0n) is 14.6. The summed E-state index contributed by atoms with van der Waals surface area (Å²) in [5.74, 6) is 0.525. The highest BCUT2D eigenvalue weighted by atomic mass is 35.5. The molecule has 0 fully saturated rings. The van der Waals surface area contributed by atoms with E-state index < -0.39 is 11.3 Å². The second-order valence-corrected chi connectivity index (χ2v) is 7.42. The van der Waals surface area contributed by atoms with E-state index in [2.05, 4.69) is 27.7 Å². The van der Waals surface area contributed by atoms with E-state index in [1.807, 2.05) is 18.2 Å². The molecular weight excluding hydrogens is 331 g/mol. The molecule has 0 aliphatic carbocycles. The van der Waals surface area contributed by atoms with Gasteiger partial charge in [0, 0.05) is 0 Å². The van der Waals surface area contributed by atoms with Gasteiger partial charge in [0.1, 0.15) is 5.75 Å². The molecule has 0 aliphatic rings. The molecule has 0 aliphatic heterocycles. The number of benzene rings is 1. The van der Waals surface area contributed by atoms with Crippen LogP contribution in [0.15, 0.2) is 18.2 Å². The van der Waals surface area contributed by atoms with Crippen LogP contribution in [0.4, 0.5) is 0 Å². The predicted octanol–water partition coefficient (Wildman–Crippen LogP) is 6.51. The SMILES string of the molecule is CCCCCCC(Oc1ccc(C(C)(C)CC)cc1Cl)C(=O)Cl. The summed E-state index contributed by atoms with van der Waals surface area (Å²) < 4.78 is 5.77. The fourth-order valence-corrected chi connectivity index (χ4v) is 2.73. The van der Waals surface area contributed by atoms with E-state index in [1.165, 1.54) is 0 Å². The fourth-order valence-electron chi connectivity index (χ4n) is 2.35. The molecule has 1 aromatic rings. The summed E-state index contributed by atoms with van der Waals surface area (Å²) in [6.45, 7) is 8.66. The molecule has 0 heterocycles. The van der Waals surface area contributed by atoms with Crippen LogP contribution in [0.25, 0.3) is 0 Å². The normalized spacial score (nSPS) is 13.0. The van der Waals surface area contributed by atoms with Crippen LogP contribution in [0.1, 0.15) is 71.8 Å². The van der Waals surface area contributed by atoms with Gasteiger partial charge < -0.3 is 4.74 Å². The smallest absolute Gasteiger partial charge is 0.262 e. The second kappa shape index (κ2) is 9.54. The third kappa shape index (κ3) is 6.35. The molecule has 0 aromatic heterocycles. The Morgan fingerprint density at radius 2 is 1.91 bits per heavy atom. The molecule has 0 bridgehead atoms. The Morgan fingerprint density at radius 3 is 2.43 bits per heavy atom. The minimum absolute atomic E-state index is 0.0596. The van der Waals surface area contributed by atoms with Crippen LogP contribution in [0.3, 0.4) is 0 Å². The lowest BCUT2D eigenvalue weighted by Gasteiger charge is -2.24. The Bertz CT molecular complexity index is 512. The first-order valence-electron chi connectivity index (χ1n) is 8.47. The highest BCUT2D eigenvalue weighted by Gasteiger charge is 2.22. The monoisotopic (exact) mass is 358 g/mol. The quantitative estimate of drug-likeness (QED) is 0.351. The Balaban J connectivity index is 2.79. The number of ether oxygens (including phenoxy) is 1. The molecule has 0 amide bonds. The molecular formula is C19H28Cl2O2. The molecule has 0 radical (unpaired) electrons. The van der Waals surface area contributed by atoms with Gasteiger partial charge in [-0.3, -0.25) is 4.79 Å². The van der Waals surface area contributed by atoms with Crippen LogP contribution in [0, 0.1) is 0 Å². The summed E-state index contributed by atoms with van der Waals surface area (Å²) in [5, 5.41) is 0.0658. The van der Waals surface area contributed by atoms with Gasteiger partial charge >= 0.3 is 0 Å². The highest BCUT2D eigenvalue weighted by molar-refractivity contribution is 6.64. The van der Waals surface area contributed by atoms with Crippen molar-refractivity contribution in [2.75, 3.05) is 0 Å². The average molecular weight is 359 g/mol. The van der Waals surface area contributed by atoms with Crippen molar-refractivity contribution >= 4 is 28.4 Å². The summed E-state index contributed by atoms with van der Waals surface area (Å²) >= 11 is 12.0. The van der Waals surface area contributed by atoms with Crippen molar-refractivity contribution in [3.05, 3.63) is 28.8 Å². The molecule has 23 heavy (non-hydrogen) atoms. The first kappa shape index (κ1) is 20.3. The topological polar surface area (TPSA) is 26.3 Å². The molecule has 130 valence electrons. The molecule has 2 nitrogen and oxygen atoms in total. The maximum Gasteiger partial charge on any atom is 0.262 e. The van der Waals surface area contributed by atoms with E-state index in [1.54, 1.807) is 0 Å². The van der Waals surface area contributed by atoms with Crippen molar-refractivity contribution in [2.24, 2.45) is 0 Å². The Labute approximate surface area is 150 Å². The van der Waals surface area contributed by atoms with E-state index in [-0.39, 0.29) is 5.41 Å². The van der Waals surface area contributed by atoms with Crippen LogP contribution in [-0.2, 0) is 10.2 Å². The van der Waals surface area contributed by atoms with Gasteiger partial charge in [-0.2, -0.15) is 0 Å². The molecule has 1 rings (SSSR count). The average Bonchev–Trinajstić information content (AvgIpc) is 2.51. The summed E-state index contributed by atoms with van der Waals surface area (Å²) in [7, 11) is 0. The number of hydrogen-bond donors (Lipinski definition) is 0. The Morgan fingerprint density at radius 1 is 1.22 bits per heavy atom. The molecule has 1 unspecified atom stereocenters. The zero-order valence-corrected chi connectivity index (χ0v) is 16.1. The number of halogens is 2.